The summed E-state index contributed by atoms with van der Waals surface area (Å²) in [7, 11) is 0. The van der Waals surface area contributed by atoms with E-state index in [1.54, 1.807) is 0 Å². The normalized spacial score (nSPS) is 22.2. The van der Waals surface area contributed by atoms with Crippen LogP contribution in [0.2, 0.25) is 0 Å². The highest BCUT2D eigenvalue weighted by atomic mass is 16.5. The molecule has 0 radical (unpaired) electrons. The van der Waals surface area contributed by atoms with Crippen molar-refractivity contribution < 1.29 is 5.21 Å². The summed E-state index contributed by atoms with van der Waals surface area (Å²) in [5, 5.41) is 11.0. The van der Waals surface area contributed by atoms with Gasteiger partial charge in [-0.1, -0.05) is 18.2 Å². The van der Waals surface area contributed by atoms with E-state index >= 15 is 0 Å². The fourth-order valence-corrected chi connectivity index (χ4v) is 1.67. The van der Waals surface area contributed by atoms with Gasteiger partial charge in [-0.05, 0) is 31.4 Å². The summed E-state index contributed by atoms with van der Waals surface area (Å²) < 4.78 is 0. The Morgan fingerprint density at radius 2 is 2.17 bits per heavy atom. The first-order valence-corrected chi connectivity index (χ1v) is 4.35. The lowest BCUT2D eigenvalue weighted by atomic mass is 9.99. The molecule has 0 saturated heterocycles. The van der Waals surface area contributed by atoms with Crippen LogP contribution in [0.5, 0.6) is 0 Å². The van der Waals surface area contributed by atoms with Crippen LogP contribution >= 0.6 is 0 Å². The van der Waals surface area contributed by atoms with Crippen molar-refractivity contribution in [3.63, 3.8) is 0 Å². The molecular weight excluding hydrogens is 150 g/mol. The number of benzene rings is 1. The summed E-state index contributed by atoms with van der Waals surface area (Å²) in [6, 6.07) is 8.26. The van der Waals surface area contributed by atoms with Crippen molar-refractivity contribution >= 4 is 5.69 Å². The molecule has 1 aliphatic rings. The zero-order valence-corrected chi connectivity index (χ0v) is 7.20. The number of nitrogens with zero attached hydrogens (tertiary/aromatic N) is 1. The van der Waals surface area contributed by atoms with Gasteiger partial charge in [-0.2, -0.15) is 0 Å². The highest BCUT2D eigenvalue weighted by molar-refractivity contribution is 5.53. The van der Waals surface area contributed by atoms with Gasteiger partial charge in [0.1, 0.15) is 0 Å². The average Bonchev–Trinajstić information content (AvgIpc) is 2.12. The molecule has 0 amide bonds. The van der Waals surface area contributed by atoms with Gasteiger partial charge in [0.05, 0.1) is 11.7 Å². The van der Waals surface area contributed by atoms with Gasteiger partial charge in [-0.15, -0.1) is 0 Å². The molecule has 0 aromatic heterocycles. The number of rotatable bonds is 0. The second-order valence-corrected chi connectivity index (χ2v) is 3.36. The molecule has 2 nitrogen and oxygen atoms in total. The molecule has 1 aliphatic heterocycles. The van der Waals surface area contributed by atoms with Gasteiger partial charge >= 0.3 is 0 Å². The zero-order chi connectivity index (χ0) is 8.55. The van der Waals surface area contributed by atoms with Crippen LogP contribution in [0.4, 0.5) is 5.69 Å². The van der Waals surface area contributed by atoms with Crippen molar-refractivity contribution in [1.82, 2.24) is 0 Å². The smallest absolute Gasteiger partial charge is 0.0669 e. The first kappa shape index (κ1) is 7.62. The van der Waals surface area contributed by atoms with Crippen LogP contribution in [0.25, 0.3) is 0 Å². The predicted molar refractivity (Wildman–Crippen MR) is 48.5 cm³/mol. The number of anilines is 1. The SMILES string of the molecule is CC1CCc2ccccc2N1O. The Labute approximate surface area is 72.4 Å². The lowest BCUT2D eigenvalue weighted by molar-refractivity contribution is 0.209. The van der Waals surface area contributed by atoms with Crippen molar-refractivity contribution in [2.24, 2.45) is 0 Å². The number of para-hydroxylation sites is 1. The molecule has 1 aromatic rings. The van der Waals surface area contributed by atoms with E-state index < -0.39 is 0 Å². The lowest BCUT2D eigenvalue weighted by Crippen LogP contribution is -2.34. The molecule has 0 spiro atoms. The maximum atomic E-state index is 9.66. The van der Waals surface area contributed by atoms with Crippen LogP contribution in [0.1, 0.15) is 18.9 Å². The van der Waals surface area contributed by atoms with Crippen LogP contribution in [-0.4, -0.2) is 11.2 Å². The van der Waals surface area contributed by atoms with E-state index in [4.69, 9.17) is 0 Å². The minimum atomic E-state index is 0.250. The monoisotopic (exact) mass is 163 g/mol. The summed E-state index contributed by atoms with van der Waals surface area (Å²) in [5.74, 6) is 0. The summed E-state index contributed by atoms with van der Waals surface area (Å²) in [6.45, 7) is 2.04. The molecule has 0 saturated carbocycles. The average molecular weight is 163 g/mol. The molecule has 1 unspecified atom stereocenters. The third kappa shape index (κ3) is 1.08. The van der Waals surface area contributed by atoms with Gasteiger partial charge in [-0.3, -0.25) is 10.3 Å². The van der Waals surface area contributed by atoms with Gasteiger partial charge in [0.15, 0.2) is 0 Å². The summed E-state index contributed by atoms with van der Waals surface area (Å²) in [5.41, 5.74) is 2.22. The zero-order valence-electron chi connectivity index (χ0n) is 7.20. The van der Waals surface area contributed by atoms with Gasteiger partial charge in [-0.25, -0.2) is 0 Å². The fraction of sp³-hybridized carbons (Fsp3) is 0.400. The van der Waals surface area contributed by atoms with Crippen molar-refractivity contribution in [3.05, 3.63) is 29.8 Å². The molecule has 1 N–H and O–H groups in total. The maximum Gasteiger partial charge on any atom is 0.0669 e. The molecule has 0 bridgehead atoms. The molecule has 12 heavy (non-hydrogen) atoms. The first-order valence-electron chi connectivity index (χ1n) is 4.35. The van der Waals surface area contributed by atoms with Gasteiger partial charge < -0.3 is 0 Å². The molecule has 1 heterocycles. The molecule has 2 heteroatoms. The largest absolute Gasteiger partial charge is 0.288 e. The summed E-state index contributed by atoms with van der Waals surface area (Å²) in [4.78, 5) is 0. The molecule has 1 aromatic carbocycles. The van der Waals surface area contributed by atoms with E-state index in [-0.39, 0.29) is 6.04 Å². The summed E-state index contributed by atoms with van der Waals surface area (Å²) >= 11 is 0. The second kappa shape index (κ2) is 2.79. The highest BCUT2D eigenvalue weighted by Crippen LogP contribution is 2.28. The van der Waals surface area contributed by atoms with Gasteiger partial charge in [0.25, 0.3) is 0 Å². The quantitative estimate of drug-likeness (QED) is 0.634. The Hall–Kier alpha value is -1.02. The first-order chi connectivity index (χ1) is 5.79. The highest BCUT2D eigenvalue weighted by Gasteiger charge is 2.20. The topological polar surface area (TPSA) is 23.5 Å². The number of hydrogen-bond donors (Lipinski definition) is 1. The minimum absolute atomic E-state index is 0.250. The van der Waals surface area contributed by atoms with E-state index in [1.165, 1.54) is 10.6 Å². The van der Waals surface area contributed by atoms with Crippen LogP contribution in [0, 0.1) is 0 Å². The molecule has 1 atom stereocenters. The Bertz CT molecular complexity index is 285. The van der Waals surface area contributed by atoms with Crippen molar-refractivity contribution in [1.29, 1.82) is 0 Å². The minimum Gasteiger partial charge on any atom is -0.288 e. The Kier molecular flexibility index (Phi) is 1.77. The van der Waals surface area contributed by atoms with Crippen molar-refractivity contribution in [3.8, 4) is 0 Å². The maximum absolute atomic E-state index is 9.66. The van der Waals surface area contributed by atoms with E-state index in [1.807, 2.05) is 25.1 Å². The standard InChI is InChI=1S/C10H13NO/c1-8-6-7-9-4-2-3-5-10(9)11(8)12/h2-5,8,12H,6-7H2,1H3. The number of fused-ring (bicyclic) bond motifs is 1. The molecular formula is C10H13NO. The van der Waals surface area contributed by atoms with Crippen molar-refractivity contribution in [2.45, 2.75) is 25.8 Å². The molecule has 0 fully saturated rings. The lowest BCUT2D eigenvalue weighted by Gasteiger charge is -2.31. The molecule has 64 valence electrons. The van der Waals surface area contributed by atoms with Gasteiger partial charge in [0.2, 0.25) is 0 Å². The third-order valence-electron chi connectivity index (χ3n) is 2.49. The Morgan fingerprint density at radius 3 is 3.00 bits per heavy atom. The Balaban J connectivity index is 2.42. The molecule has 2 rings (SSSR count). The third-order valence-corrected chi connectivity index (χ3v) is 2.49. The van der Waals surface area contributed by atoms with Crippen LogP contribution in [0.15, 0.2) is 24.3 Å². The van der Waals surface area contributed by atoms with E-state index in [0.29, 0.717) is 0 Å². The van der Waals surface area contributed by atoms with Gasteiger partial charge in [0, 0.05) is 0 Å². The van der Waals surface area contributed by atoms with Crippen LogP contribution in [-0.2, 0) is 6.42 Å². The van der Waals surface area contributed by atoms with Crippen LogP contribution in [0.3, 0.4) is 0 Å². The Morgan fingerprint density at radius 1 is 1.42 bits per heavy atom. The van der Waals surface area contributed by atoms with Crippen molar-refractivity contribution in [2.75, 3.05) is 5.06 Å². The molecule has 0 aliphatic carbocycles. The number of hydrogen-bond acceptors (Lipinski definition) is 2. The summed E-state index contributed by atoms with van der Waals surface area (Å²) in [6.07, 6.45) is 2.11. The van der Waals surface area contributed by atoms with E-state index in [2.05, 4.69) is 6.07 Å². The predicted octanol–water partition coefficient (Wildman–Crippen LogP) is 2.22. The number of aryl methyl sites for hydroxylation is 1. The van der Waals surface area contributed by atoms with E-state index in [0.717, 1.165) is 18.5 Å². The van der Waals surface area contributed by atoms with E-state index in [9.17, 15) is 5.21 Å². The van der Waals surface area contributed by atoms with Crippen LogP contribution < -0.4 is 5.06 Å². The fourth-order valence-electron chi connectivity index (χ4n) is 1.67. The second-order valence-electron chi connectivity index (χ2n) is 3.36. The number of hydroxylamine groups is 1.